The molecule has 4 aromatic rings. The number of aromatic hydroxyl groups is 1. The standard InChI is InChI=1S/C29H27ClN4O3/c30-26-16-22(12-13-27(26)35)29(37)33-32-18-23-11-10-21(24-8-4-5-9-25(23)24)17-28(36)34(15-14-31)19-20-6-2-1-3-7-20/h1-13,16,18,35H,14-15,17,19,31H2,(H,33,37)/p+1/b32-18+. The SMILES string of the molecule is [NH3+]CCN(Cc1ccccc1)C(=O)Cc1ccc(/C=N/NC(=O)c2ccc(O)c(Cl)c2)c2ccccc12. The number of carbonyl (C=O) groups excluding carboxylic acids is 2. The summed E-state index contributed by atoms with van der Waals surface area (Å²) in [4.78, 5) is 27.5. The van der Waals surface area contributed by atoms with Crippen LogP contribution in [0.4, 0.5) is 0 Å². The van der Waals surface area contributed by atoms with Crippen LogP contribution in [0.3, 0.4) is 0 Å². The maximum Gasteiger partial charge on any atom is 0.271 e. The van der Waals surface area contributed by atoms with E-state index in [9.17, 15) is 14.7 Å². The first-order chi connectivity index (χ1) is 18.0. The average Bonchev–Trinajstić information content (AvgIpc) is 2.91. The van der Waals surface area contributed by atoms with Crippen molar-refractivity contribution < 1.29 is 20.4 Å². The highest BCUT2D eigenvalue weighted by molar-refractivity contribution is 6.32. The van der Waals surface area contributed by atoms with E-state index in [2.05, 4.69) is 16.3 Å². The van der Waals surface area contributed by atoms with E-state index in [0.29, 0.717) is 19.6 Å². The molecule has 0 heterocycles. The number of amides is 2. The van der Waals surface area contributed by atoms with Gasteiger partial charge in [-0.05, 0) is 40.1 Å². The van der Waals surface area contributed by atoms with E-state index in [1.807, 2.05) is 71.6 Å². The van der Waals surface area contributed by atoms with Gasteiger partial charge >= 0.3 is 0 Å². The van der Waals surface area contributed by atoms with Crippen molar-refractivity contribution in [2.45, 2.75) is 13.0 Å². The lowest BCUT2D eigenvalue weighted by Gasteiger charge is -2.22. The smallest absolute Gasteiger partial charge is 0.271 e. The number of quaternary nitrogens is 1. The summed E-state index contributed by atoms with van der Waals surface area (Å²) >= 11 is 5.88. The van der Waals surface area contributed by atoms with Gasteiger partial charge in [0.25, 0.3) is 5.91 Å². The number of nitrogens with one attached hydrogen (secondary N) is 1. The summed E-state index contributed by atoms with van der Waals surface area (Å²) in [7, 11) is 0. The zero-order chi connectivity index (χ0) is 26.2. The monoisotopic (exact) mass is 515 g/mol. The molecule has 37 heavy (non-hydrogen) atoms. The van der Waals surface area contributed by atoms with Crippen molar-refractivity contribution in [1.82, 2.24) is 10.3 Å². The van der Waals surface area contributed by atoms with Crippen LogP contribution in [-0.2, 0) is 17.8 Å². The Balaban J connectivity index is 1.51. The number of hydrogen-bond donors (Lipinski definition) is 3. The van der Waals surface area contributed by atoms with E-state index >= 15 is 0 Å². The molecule has 0 unspecified atom stereocenters. The van der Waals surface area contributed by atoms with E-state index in [1.165, 1.54) is 18.2 Å². The number of phenolic OH excluding ortho intramolecular Hbond substituents is 1. The minimum Gasteiger partial charge on any atom is -0.506 e. The van der Waals surface area contributed by atoms with Crippen LogP contribution in [-0.4, -0.2) is 41.1 Å². The van der Waals surface area contributed by atoms with E-state index in [4.69, 9.17) is 11.6 Å². The van der Waals surface area contributed by atoms with Gasteiger partial charge in [-0.1, -0.05) is 78.3 Å². The number of carbonyl (C=O) groups is 2. The topological polar surface area (TPSA) is 110 Å². The molecule has 4 rings (SSSR count). The fourth-order valence-electron chi connectivity index (χ4n) is 4.09. The molecule has 2 amide bonds. The fourth-order valence-corrected chi connectivity index (χ4v) is 4.27. The highest BCUT2D eigenvalue weighted by atomic mass is 35.5. The molecule has 0 radical (unpaired) electrons. The number of phenols is 1. The van der Waals surface area contributed by atoms with E-state index in [0.717, 1.165) is 27.5 Å². The molecule has 0 aliphatic rings. The number of halogens is 1. The highest BCUT2D eigenvalue weighted by Gasteiger charge is 2.17. The summed E-state index contributed by atoms with van der Waals surface area (Å²) in [6.45, 7) is 1.77. The Bertz CT molecular complexity index is 1440. The van der Waals surface area contributed by atoms with Gasteiger partial charge in [0, 0.05) is 17.7 Å². The Labute approximate surface area is 220 Å². The maximum atomic E-state index is 13.3. The quantitative estimate of drug-likeness (QED) is 0.233. The van der Waals surface area contributed by atoms with Gasteiger partial charge in [0.15, 0.2) is 0 Å². The minimum atomic E-state index is -0.450. The summed E-state index contributed by atoms with van der Waals surface area (Å²) in [5, 5.41) is 15.6. The lowest BCUT2D eigenvalue weighted by molar-refractivity contribution is -0.368. The number of rotatable bonds is 9. The van der Waals surface area contributed by atoms with Gasteiger partial charge in [-0.2, -0.15) is 5.10 Å². The molecule has 4 aromatic carbocycles. The van der Waals surface area contributed by atoms with Crippen molar-refractivity contribution in [1.29, 1.82) is 0 Å². The van der Waals surface area contributed by atoms with Crippen molar-refractivity contribution in [3.05, 3.63) is 112 Å². The van der Waals surface area contributed by atoms with Gasteiger partial charge in [0.2, 0.25) is 5.91 Å². The molecular weight excluding hydrogens is 488 g/mol. The molecular formula is C29H28ClN4O3+. The number of nitrogens with zero attached hydrogens (tertiary/aromatic N) is 2. The van der Waals surface area contributed by atoms with E-state index in [-0.39, 0.29) is 28.7 Å². The molecule has 0 saturated heterocycles. The van der Waals surface area contributed by atoms with Gasteiger partial charge < -0.3 is 15.7 Å². The fraction of sp³-hybridized carbons (Fsp3) is 0.138. The molecule has 5 N–H and O–H groups in total. The van der Waals surface area contributed by atoms with Crippen LogP contribution in [0.2, 0.25) is 5.02 Å². The highest BCUT2D eigenvalue weighted by Crippen LogP contribution is 2.24. The predicted molar refractivity (Wildman–Crippen MR) is 145 cm³/mol. The third-order valence-corrected chi connectivity index (χ3v) is 6.27. The summed E-state index contributed by atoms with van der Waals surface area (Å²) < 4.78 is 0. The molecule has 0 atom stereocenters. The summed E-state index contributed by atoms with van der Waals surface area (Å²) in [5.41, 5.74) is 9.49. The van der Waals surface area contributed by atoms with Crippen molar-refractivity contribution in [3.63, 3.8) is 0 Å². The molecule has 7 nitrogen and oxygen atoms in total. The Morgan fingerprint density at radius 2 is 1.70 bits per heavy atom. The summed E-state index contributed by atoms with van der Waals surface area (Å²) in [6, 6.07) is 25.7. The van der Waals surface area contributed by atoms with Crippen LogP contribution < -0.4 is 11.2 Å². The Kier molecular flexibility index (Phi) is 8.51. The Morgan fingerprint density at radius 1 is 0.973 bits per heavy atom. The second-order valence-corrected chi connectivity index (χ2v) is 8.96. The predicted octanol–water partition coefficient (Wildman–Crippen LogP) is 3.78. The molecule has 0 fully saturated rings. The zero-order valence-electron chi connectivity index (χ0n) is 20.2. The number of benzene rings is 4. The molecule has 0 saturated carbocycles. The van der Waals surface area contributed by atoms with Gasteiger partial charge in [-0.15, -0.1) is 0 Å². The van der Waals surface area contributed by atoms with Crippen LogP contribution in [0.1, 0.15) is 27.0 Å². The van der Waals surface area contributed by atoms with Crippen molar-refractivity contribution >= 4 is 40.4 Å². The third kappa shape index (κ3) is 6.52. The minimum absolute atomic E-state index is 0.0406. The zero-order valence-corrected chi connectivity index (χ0v) is 21.0. The van der Waals surface area contributed by atoms with Crippen LogP contribution in [0.25, 0.3) is 10.8 Å². The number of hydrazone groups is 1. The molecule has 0 aliphatic carbocycles. The van der Waals surface area contributed by atoms with Crippen LogP contribution >= 0.6 is 11.6 Å². The largest absolute Gasteiger partial charge is 0.506 e. The van der Waals surface area contributed by atoms with Crippen LogP contribution in [0.15, 0.2) is 90.0 Å². The lowest BCUT2D eigenvalue weighted by Crippen LogP contribution is -2.55. The van der Waals surface area contributed by atoms with Crippen molar-refractivity contribution in [2.24, 2.45) is 5.10 Å². The molecule has 0 spiro atoms. The average molecular weight is 516 g/mol. The van der Waals surface area contributed by atoms with Crippen LogP contribution in [0, 0.1) is 0 Å². The molecule has 8 heteroatoms. The third-order valence-electron chi connectivity index (χ3n) is 5.97. The van der Waals surface area contributed by atoms with Gasteiger partial charge in [0.1, 0.15) is 5.75 Å². The summed E-state index contributed by atoms with van der Waals surface area (Å²) in [6.07, 6.45) is 1.83. The second kappa shape index (κ2) is 12.2. The summed E-state index contributed by atoms with van der Waals surface area (Å²) in [5.74, 6) is -0.506. The van der Waals surface area contributed by atoms with E-state index < -0.39 is 5.91 Å². The van der Waals surface area contributed by atoms with E-state index in [1.54, 1.807) is 6.21 Å². The Morgan fingerprint density at radius 3 is 2.43 bits per heavy atom. The molecule has 0 aromatic heterocycles. The lowest BCUT2D eigenvalue weighted by atomic mass is 9.97. The first kappa shape index (κ1) is 25.9. The Hall–Kier alpha value is -4.20. The first-order valence-corrected chi connectivity index (χ1v) is 12.3. The second-order valence-electron chi connectivity index (χ2n) is 8.56. The first-order valence-electron chi connectivity index (χ1n) is 11.9. The normalized spacial score (nSPS) is 11.1. The van der Waals surface area contributed by atoms with Crippen LogP contribution in [0.5, 0.6) is 5.75 Å². The molecule has 0 aliphatic heterocycles. The number of fused-ring (bicyclic) bond motifs is 1. The van der Waals surface area contributed by atoms with Gasteiger partial charge in [0.05, 0.1) is 30.7 Å². The van der Waals surface area contributed by atoms with Gasteiger partial charge in [-0.3, -0.25) is 9.59 Å². The van der Waals surface area contributed by atoms with Crippen molar-refractivity contribution in [3.8, 4) is 5.75 Å². The maximum absolute atomic E-state index is 13.3. The van der Waals surface area contributed by atoms with Gasteiger partial charge in [-0.25, -0.2) is 5.43 Å². The molecule has 0 bridgehead atoms. The number of hydrogen-bond acceptors (Lipinski definition) is 4. The van der Waals surface area contributed by atoms with Crippen molar-refractivity contribution in [2.75, 3.05) is 13.1 Å². The molecule has 188 valence electrons.